The van der Waals surface area contributed by atoms with Crippen LogP contribution in [0.3, 0.4) is 0 Å². The third-order valence-electron chi connectivity index (χ3n) is 6.20. The summed E-state index contributed by atoms with van der Waals surface area (Å²) in [7, 11) is 0. The van der Waals surface area contributed by atoms with Gasteiger partial charge in [0.05, 0.1) is 0 Å². The molecule has 1 aliphatic heterocycles. The van der Waals surface area contributed by atoms with E-state index in [9.17, 15) is 0 Å². The van der Waals surface area contributed by atoms with Gasteiger partial charge in [0.15, 0.2) is 0 Å². The fourth-order valence-corrected chi connectivity index (χ4v) is 6.41. The van der Waals surface area contributed by atoms with E-state index in [1.165, 1.54) is 19.4 Å². The van der Waals surface area contributed by atoms with Gasteiger partial charge in [-0.05, 0) is 80.6 Å². The van der Waals surface area contributed by atoms with Crippen LogP contribution in [0.2, 0.25) is 0 Å². The number of hydrogen-bond donors (Lipinski definition) is 1. The van der Waals surface area contributed by atoms with Gasteiger partial charge in [0, 0.05) is 6.04 Å². The molecule has 0 aromatic carbocycles. The minimum Gasteiger partial charge on any atom is -0.313 e. The summed E-state index contributed by atoms with van der Waals surface area (Å²) in [4.78, 5) is 0. The molecule has 1 saturated heterocycles. The average Bonchev–Trinajstić information content (AvgIpc) is 2.65. The maximum Gasteiger partial charge on any atom is 0.0124 e. The van der Waals surface area contributed by atoms with E-state index in [0.29, 0.717) is 0 Å². The lowest BCUT2D eigenvalue weighted by Gasteiger charge is -2.63. The Balaban J connectivity index is 1.68. The SMILES string of the molecule is CC12CC3CC(C1)CC(C1CCCN1)(C3)C2. The fraction of sp³-hybridized carbons (Fsp3) is 1.00. The number of hydrogen-bond acceptors (Lipinski definition) is 1. The van der Waals surface area contributed by atoms with Gasteiger partial charge in [-0.15, -0.1) is 0 Å². The highest BCUT2D eigenvalue weighted by Crippen LogP contribution is 2.66. The fourth-order valence-electron chi connectivity index (χ4n) is 6.41. The molecule has 0 spiro atoms. The van der Waals surface area contributed by atoms with Crippen molar-refractivity contribution in [3.63, 3.8) is 0 Å². The van der Waals surface area contributed by atoms with Crippen LogP contribution in [0.15, 0.2) is 0 Å². The molecular formula is C15H25N. The molecule has 1 heterocycles. The molecule has 4 aliphatic carbocycles. The monoisotopic (exact) mass is 219 g/mol. The Kier molecular flexibility index (Phi) is 1.89. The molecule has 0 aromatic heterocycles. The van der Waals surface area contributed by atoms with Crippen LogP contribution in [0.5, 0.6) is 0 Å². The summed E-state index contributed by atoms with van der Waals surface area (Å²) in [5, 5.41) is 3.83. The Labute approximate surface area is 99.4 Å². The molecule has 1 N–H and O–H groups in total. The van der Waals surface area contributed by atoms with Crippen LogP contribution in [-0.4, -0.2) is 12.6 Å². The van der Waals surface area contributed by atoms with E-state index < -0.39 is 0 Å². The van der Waals surface area contributed by atoms with Crippen LogP contribution in [0, 0.1) is 22.7 Å². The Morgan fingerprint density at radius 3 is 2.38 bits per heavy atom. The lowest BCUT2D eigenvalue weighted by atomic mass is 9.43. The second-order valence-electron chi connectivity index (χ2n) is 7.78. The van der Waals surface area contributed by atoms with Gasteiger partial charge in [-0.2, -0.15) is 0 Å². The zero-order valence-electron chi connectivity index (χ0n) is 10.6. The molecule has 5 aliphatic rings. The van der Waals surface area contributed by atoms with Gasteiger partial charge in [0.2, 0.25) is 0 Å². The molecule has 4 saturated carbocycles. The minimum absolute atomic E-state index is 0.731. The van der Waals surface area contributed by atoms with Crippen molar-refractivity contribution in [3.05, 3.63) is 0 Å². The van der Waals surface area contributed by atoms with E-state index in [4.69, 9.17) is 0 Å². The van der Waals surface area contributed by atoms with Crippen molar-refractivity contribution in [1.29, 1.82) is 0 Å². The first-order valence-corrected chi connectivity index (χ1v) is 7.41. The summed E-state index contributed by atoms with van der Waals surface area (Å²) in [6.45, 7) is 3.88. The van der Waals surface area contributed by atoms with Crippen LogP contribution in [0.25, 0.3) is 0 Å². The molecule has 3 unspecified atom stereocenters. The Morgan fingerprint density at radius 1 is 1.06 bits per heavy atom. The number of rotatable bonds is 1. The van der Waals surface area contributed by atoms with Crippen LogP contribution in [0.4, 0.5) is 0 Å². The Morgan fingerprint density at radius 2 is 1.81 bits per heavy atom. The van der Waals surface area contributed by atoms with E-state index in [1.54, 1.807) is 38.5 Å². The third-order valence-corrected chi connectivity index (χ3v) is 6.20. The molecule has 16 heavy (non-hydrogen) atoms. The molecule has 3 atom stereocenters. The molecule has 5 rings (SSSR count). The van der Waals surface area contributed by atoms with Crippen molar-refractivity contribution in [2.75, 3.05) is 6.54 Å². The first-order chi connectivity index (χ1) is 7.68. The highest BCUT2D eigenvalue weighted by Gasteiger charge is 2.58. The largest absolute Gasteiger partial charge is 0.313 e. The van der Waals surface area contributed by atoms with Crippen molar-refractivity contribution in [1.82, 2.24) is 5.32 Å². The topological polar surface area (TPSA) is 12.0 Å². The highest BCUT2D eigenvalue weighted by molar-refractivity contribution is 5.10. The van der Waals surface area contributed by atoms with Crippen LogP contribution in [-0.2, 0) is 0 Å². The molecule has 0 radical (unpaired) electrons. The number of nitrogens with one attached hydrogen (secondary N) is 1. The second-order valence-corrected chi connectivity index (χ2v) is 7.78. The second kappa shape index (κ2) is 3.04. The standard InChI is InChI=1S/C15H25N/c1-14-6-11-5-12(7-14)9-15(8-11,10-14)13-3-2-4-16-13/h11-13,16H,2-10H2,1H3. The van der Waals surface area contributed by atoms with E-state index in [0.717, 1.165) is 28.7 Å². The van der Waals surface area contributed by atoms with Crippen molar-refractivity contribution < 1.29 is 0 Å². The summed E-state index contributed by atoms with van der Waals surface area (Å²) in [6.07, 6.45) is 12.3. The third kappa shape index (κ3) is 1.27. The van der Waals surface area contributed by atoms with Crippen LogP contribution < -0.4 is 5.32 Å². The molecule has 5 fully saturated rings. The van der Waals surface area contributed by atoms with Crippen molar-refractivity contribution >= 4 is 0 Å². The average molecular weight is 219 g/mol. The van der Waals surface area contributed by atoms with Crippen molar-refractivity contribution in [3.8, 4) is 0 Å². The molecule has 0 amide bonds. The zero-order valence-corrected chi connectivity index (χ0v) is 10.6. The van der Waals surface area contributed by atoms with Gasteiger partial charge >= 0.3 is 0 Å². The van der Waals surface area contributed by atoms with Crippen molar-refractivity contribution in [2.24, 2.45) is 22.7 Å². The van der Waals surface area contributed by atoms with Gasteiger partial charge in [0.25, 0.3) is 0 Å². The predicted molar refractivity (Wildman–Crippen MR) is 66.2 cm³/mol. The van der Waals surface area contributed by atoms with E-state index in [2.05, 4.69) is 12.2 Å². The first-order valence-electron chi connectivity index (χ1n) is 7.41. The molecule has 1 heteroatoms. The van der Waals surface area contributed by atoms with Gasteiger partial charge in [-0.3, -0.25) is 0 Å². The Hall–Kier alpha value is -0.0400. The normalized spacial score (nSPS) is 59.4. The van der Waals surface area contributed by atoms with Crippen molar-refractivity contribution in [2.45, 2.75) is 64.3 Å². The van der Waals surface area contributed by atoms with Gasteiger partial charge in [0.1, 0.15) is 0 Å². The first kappa shape index (κ1) is 9.94. The van der Waals surface area contributed by atoms with Gasteiger partial charge in [-0.1, -0.05) is 6.92 Å². The van der Waals surface area contributed by atoms with Gasteiger partial charge in [-0.25, -0.2) is 0 Å². The molecule has 0 aromatic rings. The predicted octanol–water partition coefficient (Wildman–Crippen LogP) is 3.34. The highest BCUT2D eigenvalue weighted by atomic mass is 15.0. The maximum absolute atomic E-state index is 3.83. The van der Waals surface area contributed by atoms with Gasteiger partial charge < -0.3 is 5.32 Å². The van der Waals surface area contributed by atoms with Crippen LogP contribution in [0.1, 0.15) is 58.3 Å². The Bertz CT molecular complexity index is 289. The van der Waals surface area contributed by atoms with E-state index >= 15 is 0 Å². The minimum atomic E-state index is 0.731. The summed E-state index contributed by atoms with van der Waals surface area (Å²) >= 11 is 0. The summed E-state index contributed by atoms with van der Waals surface area (Å²) < 4.78 is 0. The molecule has 90 valence electrons. The maximum atomic E-state index is 3.83. The zero-order chi connectivity index (χ0) is 10.8. The van der Waals surface area contributed by atoms with Crippen LogP contribution >= 0.6 is 0 Å². The summed E-state index contributed by atoms with van der Waals surface area (Å²) in [6, 6.07) is 0.887. The smallest absolute Gasteiger partial charge is 0.0124 e. The summed E-state index contributed by atoms with van der Waals surface area (Å²) in [5.41, 5.74) is 1.46. The van der Waals surface area contributed by atoms with E-state index in [1.807, 2.05) is 0 Å². The lowest BCUT2D eigenvalue weighted by Crippen LogP contribution is -2.57. The molecular weight excluding hydrogens is 194 g/mol. The lowest BCUT2D eigenvalue weighted by molar-refractivity contribution is -0.115. The molecule has 4 bridgehead atoms. The molecule has 1 nitrogen and oxygen atoms in total. The quantitative estimate of drug-likeness (QED) is 0.713. The van der Waals surface area contributed by atoms with E-state index in [-0.39, 0.29) is 0 Å². The summed E-state index contributed by atoms with van der Waals surface area (Å²) in [5.74, 6) is 2.18.